The van der Waals surface area contributed by atoms with Crippen molar-refractivity contribution in [1.29, 1.82) is 0 Å². The van der Waals surface area contributed by atoms with Crippen LogP contribution in [0.25, 0.3) is 0 Å². The number of halogens is 1. The monoisotopic (exact) mass is 321 g/mol. The molecule has 2 saturated carbocycles. The molecule has 2 atom stereocenters. The van der Waals surface area contributed by atoms with E-state index >= 15 is 0 Å². The van der Waals surface area contributed by atoms with Crippen molar-refractivity contribution in [2.45, 2.75) is 56.5 Å². The Labute approximate surface area is 137 Å². The second-order valence-electron chi connectivity index (χ2n) is 6.84. The number of aliphatic hydroxyl groups excluding tert-OH is 1. The smallest absolute Gasteiger partial charge is 0.230 e. The molecule has 2 N–H and O–H groups in total. The van der Waals surface area contributed by atoms with Crippen LogP contribution in [-0.2, 0) is 10.2 Å². The van der Waals surface area contributed by atoms with E-state index in [0.717, 1.165) is 50.5 Å². The first kappa shape index (κ1) is 15.8. The molecule has 0 aromatic heterocycles. The Balaban J connectivity index is 1.64. The number of carbonyl (C=O) groups excluding carboxylic acids is 1. The second kappa shape index (κ2) is 6.59. The average Bonchev–Trinajstić information content (AvgIpc) is 2.44. The summed E-state index contributed by atoms with van der Waals surface area (Å²) in [6.45, 7) is 0.679. The summed E-state index contributed by atoms with van der Waals surface area (Å²) in [5.41, 5.74) is 0.644. The molecule has 3 rings (SSSR count). The molecule has 22 heavy (non-hydrogen) atoms. The fourth-order valence-corrected chi connectivity index (χ4v) is 4.01. The molecule has 0 aliphatic heterocycles. The van der Waals surface area contributed by atoms with E-state index in [1.807, 2.05) is 24.3 Å². The predicted octanol–water partition coefficient (Wildman–Crippen LogP) is 3.43. The van der Waals surface area contributed by atoms with Gasteiger partial charge in [0.1, 0.15) is 0 Å². The van der Waals surface area contributed by atoms with Crippen molar-refractivity contribution in [1.82, 2.24) is 5.32 Å². The van der Waals surface area contributed by atoms with E-state index in [-0.39, 0.29) is 12.0 Å². The first-order valence-electron chi connectivity index (χ1n) is 8.32. The third-order valence-corrected chi connectivity index (χ3v) is 5.56. The van der Waals surface area contributed by atoms with E-state index in [9.17, 15) is 9.90 Å². The van der Waals surface area contributed by atoms with Gasteiger partial charge in [-0.25, -0.2) is 0 Å². The zero-order valence-corrected chi connectivity index (χ0v) is 13.6. The highest BCUT2D eigenvalue weighted by Crippen LogP contribution is 2.44. The molecule has 3 nitrogen and oxygen atoms in total. The Morgan fingerprint density at radius 3 is 2.77 bits per heavy atom. The van der Waals surface area contributed by atoms with Gasteiger partial charge in [-0.15, -0.1) is 0 Å². The van der Waals surface area contributed by atoms with E-state index in [1.54, 1.807) is 0 Å². The highest BCUT2D eigenvalue weighted by molar-refractivity contribution is 6.30. The summed E-state index contributed by atoms with van der Waals surface area (Å²) < 4.78 is 0. The molecule has 0 bridgehead atoms. The fraction of sp³-hybridized carbons (Fsp3) is 0.611. The molecular weight excluding hydrogens is 298 g/mol. The van der Waals surface area contributed by atoms with Crippen molar-refractivity contribution in [2.75, 3.05) is 6.54 Å². The molecule has 0 heterocycles. The van der Waals surface area contributed by atoms with Gasteiger partial charge in [0.25, 0.3) is 0 Å². The third kappa shape index (κ3) is 3.16. The van der Waals surface area contributed by atoms with Gasteiger partial charge in [-0.3, -0.25) is 4.79 Å². The van der Waals surface area contributed by atoms with Crippen LogP contribution in [0, 0.1) is 5.92 Å². The quantitative estimate of drug-likeness (QED) is 0.892. The van der Waals surface area contributed by atoms with Crippen LogP contribution in [0.4, 0.5) is 0 Å². The van der Waals surface area contributed by atoms with E-state index in [2.05, 4.69) is 5.32 Å². The van der Waals surface area contributed by atoms with Crippen molar-refractivity contribution < 1.29 is 9.90 Å². The summed E-state index contributed by atoms with van der Waals surface area (Å²) >= 11 is 6.09. The van der Waals surface area contributed by atoms with Gasteiger partial charge >= 0.3 is 0 Å². The van der Waals surface area contributed by atoms with E-state index in [1.165, 1.54) is 0 Å². The number of rotatable bonds is 4. The minimum Gasteiger partial charge on any atom is -0.393 e. The minimum absolute atomic E-state index is 0.126. The lowest BCUT2D eigenvalue weighted by Gasteiger charge is -2.41. The Hall–Kier alpha value is -1.06. The predicted molar refractivity (Wildman–Crippen MR) is 88.0 cm³/mol. The van der Waals surface area contributed by atoms with Crippen LogP contribution in [0.5, 0.6) is 0 Å². The summed E-state index contributed by atoms with van der Waals surface area (Å²) in [4.78, 5) is 12.8. The Morgan fingerprint density at radius 1 is 1.32 bits per heavy atom. The number of benzene rings is 1. The molecule has 1 aromatic rings. The number of hydrogen-bond acceptors (Lipinski definition) is 2. The molecule has 0 saturated heterocycles. The number of aliphatic hydroxyl groups is 1. The van der Waals surface area contributed by atoms with Gasteiger partial charge in [-0.2, -0.15) is 0 Å². The molecule has 2 unspecified atom stereocenters. The zero-order chi connectivity index (χ0) is 15.6. The van der Waals surface area contributed by atoms with Crippen molar-refractivity contribution in [3.63, 3.8) is 0 Å². The minimum atomic E-state index is -0.391. The van der Waals surface area contributed by atoms with Crippen LogP contribution in [0.3, 0.4) is 0 Å². The van der Waals surface area contributed by atoms with Crippen LogP contribution in [0.1, 0.15) is 50.5 Å². The molecule has 2 aliphatic carbocycles. The number of nitrogens with one attached hydrogen (secondary N) is 1. The number of hydrogen-bond donors (Lipinski definition) is 2. The first-order chi connectivity index (χ1) is 10.6. The van der Waals surface area contributed by atoms with Gasteiger partial charge in [0, 0.05) is 11.6 Å². The highest BCUT2D eigenvalue weighted by Gasteiger charge is 2.45. The molecule has 1 aromatic carbocycles. The van der Waals surface area contributed by atoms with Gasteiger partial charge < -0.3 is 10.4 Å². The molecule has 2 fully saturated rings. The Bertz CT molecular complexity index is 542. The van der Waals surface area contributed by atoms with Crippen molar-refractivity contribution in [2.24, 2.45) is 5.92 Å². The second-order valence-corrected chi connectivity index (χ2v) is 7.28. The summed E-state index contributed by atoms with van der Waals surface area (Å²) in [5.74, 6) is 0.533. The Kier molecular flexibility index (Phi) is 4.74. The molecule has 4 heteroatoms. The SMILES string of the molecule is O=C(NCC1CCCC(O)C1)C1(c2cccc(Cl)c2)CCC1. The standard InChI is InChI=1S/C18H24ClNO2/c19-15-6-2-5-14(11-15)18(8-3-9-18)17(22)20-12-13-4-1-7-16(21)10-13/h2,5-6,11,13,16,21H,1,3-4,7-10,12H2,(H,20,22). The lowest BCUT2D eigenvalue weighted by Crippen LogP contribution is -2.50. The van der Waals surface area contributed by atoms with Crippen LogP contribution in [0.2, 0.25) is 5.02 Å². The van der Waals surface area contributed by atoms with Gasteiger partial charge in [-0.1, -0.05) is 36.6 Å². The van der Waals surface area contributed by atoms with Crippen molar-refractivity contribution in [3.05, 3.63) is 34.9 Å². The molecule has 1 amide bonds. The highest BCUT2D eigenvalue weighted by atomic mass is 35.5. The Morgan fingerprint density at radius 2 is 2.14 bits per heavy atom. The molecule has 0 spiro atoms. The lowest BCUT2D eigenvalue weighted by atomic mass is 9.63. The number of amides is 1. The lowest BCUT2D eigenvalue weighted by molar-refractivity contribution is -0.130. The average molecular weight is 322 g/mol. The summed E-state index contributed by atoms with van der Waals surface area (Å²) in [5, 5.41) is 13.6. The van der Waals surface area contributed by atoms with Crippen molar-refractivity contribution >= 4 is 17.5 Å². The fourth-order valence-electron chi connectivity index (χ4n) is 3.82. The van der Waals surface area contributed by atoms with Gasteiger partial charge in [0.2, 0.25) is 5.91 Å². The number of carbonyl (C=O) groups is 1. The maximum absolute atomic E-state index is 12.8. The maximum Gasteiger partial charge on any atom is 0.230 e. The van der Waals surface area contributed by atoms with Crippen LogP contribution in [0.15, 0.2) is 24.3 Å². The summed E-state index contributed by atoms with van der Waals surface area (Å²) in [6.07, 6.45) is 6.55. The first-order valence-corrected chi connectivity index (χ1v) is 8.70. The van der Waals surface area contributed by atoms with Crippen LogP contribution < -0.4 is 5.32 Å². The van der Waals surface area contributed by atoms with Gasteiger partial charge in [0.05, 0.1) is 11.5 Å². The molecule has 2 aliphatic rings. The normalized spacial score (nSPS) is 27.0. The zero-order valence-electron chi connectivity index (χ0n) is 12.9. The molecule has 0 radical (unpaired) electrons. The topological polar surface area (TPSA) is 49.3 Å². The van der Waals surface area contributed by atoms with E-state index in [0.29, 0.717) is 17.5 Å². The van der Waals surface area contributed by atoms with Crippen LogP contribution in [-0.4, -0.2) is 23.7 Å². The van der Waals surface area contributed by atoms with Crippen molar-refractivity contribution in [3.8, 4) is 0 Å². The summed E-state index contributed by atoms with van der Waals surface area (Å²) in [6, 6.07) is 7.70. The maximum atomic E-state index is 12.8. The molecular formula is C18H24ClNO2. The van der Waals surface area contributed by atoms with E-state index in [4.69, 9.17) is 11.6 Å². The van der Waals surface area contributed by atoms with Gasteiger partial charge in [-0.05, 0) is 55.7 Å². The van der Waals surface area contributed by atoms with Crippen LogP contribution >= 0.6 is 11.6 Å². The summed E-state index contributed by atoms with van der Waals surface area (Å²) in [7, 11) is 0. The van der Waals surface area contributed by atoms with E-state index < -0.39 is 5.41 Å². The van der Waals surface area contributed by atoms with Gasteiger partial charge in [0.15, 0.2) is 0 Å². The third-order valence-electron chi connectivity index (χ3n) is 5.33. The molecule has 120 valence electrons. The largest absolute Gasteiger partial charge is 0.393 e.